The van der Waals surface area contributed by atoms with Gasteiger partial charge >= 0.3 is 12.2 Å². The first-order chi connectivity index (χ1) is 17.4. The van der Waals surface area contributed by atoms with E-state index in [1.54, 1.807) is 9.80 Å². The smallest absolute Gasteiger partial charge is 0.337 e. The van der Waals surface area contributed by atoms with E-state index in [1.165, 1.54) is 18.2 Å². The number of benzene rings is 1. The Labute approximate surface area is 211 Å². The second kappa shape index (κ2) is 9.38. The fraction of sp³-hybridized carbons (Fsp3) is 0.560. The average Bonchev–Trinajstić information content (AvgIpc) is 2.77. The van der Waals surface area contributed by atoms with Crippen molar-refractivity contribution in [3.8, 4) is 0 Å². The van der Waals surface area contributed by atoms with Gasteiger partial charge in [-0.25, -0.2) is 23.5 Å². The van der Waals surface area contributed by atoms with Crippen LogP contribution in [0.1, 0.15) is 37.8 Å². The maximum atomic E-state index is 13.9. The third-order valence-corrected chi connectivity index (χ3v) is 7.65. The second-order valence-corrected chi connectivity index (χ2v) is 10.7. The predicted octanol–water partition coefficient (Wildman–Crippen LogP) is 4.05. The average molecular weight is 525 g/mol. The van der Waals surface area contributed by atoms with Crippen LogP contribution < -0.4 is 10.2 Å². The number of hydrogen-bond donors (Lipinski definition) is 1. The van der Waals surface area contributed by atoms with Gasteiger partial charge in [0.2, 0.25) is 5.95 Å². The quantitative estimate of drug-likeness (QED) is 0.612. The number of aromatic nitrogens is 2. The van der Waals surface area contributed by atoms with E-state index in [0.717, 1.165) is 38.3 Å². The zero-order valence-corrected chi connectivity index (χ0v) is 20.6. The van der Waals surface area contributed by atoms with Gasteiger partial charge in [0.15, 0.2) is 0 Å². The van der Waals surface area contributed by atoms with Gasteiger partial charge in [-0.05, 0) is 44.2 Å². The predicted molar refractivity (Wildman–Crippen MR) is 126 cm³/mol. The molecule has 7 nitrogen and oxygen atoms in total. The lowest BCUT2D eigenvalue weighted by Gasteiger charge is -2.59. The molecule has 2 aliphatic heterocycles. The first kappa shape index (κ1) is 25.6. The number of amides is 2. The highest BCUT2D eigenvalue weighted by Gasteiger charge is 2.53. The molecule has 3 heterocycles. The molecule has 12 heteroatoms. The topological polar surface area (TPSA) is 64.6 Å². The Morgan fingerprint density at radius 2 is 1.62 bits per heavy atom. The molecule has 1 aromatic heterocycles. The first-order valence-electron chi connectivity index (χ1n) is 12.3. The van der Waals surface area contributed by atoms with Gasteiger partial charge in [-0.2, -0.15) is 13.2 Å². The van der Waals surface area contributed by atoms with Crippen LogP contribution in [0.4, 0.5) is 32.7 Å². The first-order valence-corrected chi connectivity index (χ1v) is 12.3. The van der Waals surface area contributed by atoms with Crippen LogP contribution in [0.25, 0.3) is 0 Å². The molecular formula is C25H29F5N6O. The minimum atomic E-state index is -4.49. The number of rotatable bonds is 4. The third kappa shape index (κ3) is 5.07. The van der Waals surface area contributed by atoms with E-state index in [9.17, 15) is 26.7 Å². The second-order valence-electron chi connectivity index (χ2n) is 10.7. The third-order valence-electron chi connectivity index (χ3n) is 7.65. The Balaban J connectivity index is 1.10. The van der Waals surface area contributed by atoms with Crippen LogP contribution in [0.3, 0.4) is 0 Å². The Morgan fingerprint density at radius 1 is 1.05 bits per heavy atom. The van der Waals surface area contributed by atoms with E-state index >= 15 is 0 Å². The van der Waals surface area contributed by atoms with Gasteiger partial charge in [-0.15, -0.1) is 0 Å². The lowest BCUT2D eigenvalue weighted by atomic mass is 9.60. The fourth-order valence-corrected chi connectivity index (χ4v) is 6.03. The van der Waals surface area contributed by atoms with Gasteiger partial charge in [-0.3, -0.25) is 4.90 Å². The van der Waals surface area contributed by atoms with Crippen LogP contribution >= 0.6 is 0 Å². The summed E-state index contributed by atoms with van der Waals surface area (Å²) in [5, 5.41) is 3.11. The lowest BCUT2D eigenvalue weighted by molar-refractivity contribution is -0.138. The molecule has 0 bridgehead atoms. The maximum Gasteiger partial charge on any atom is 0.419 e. The van der Waals surface area contributed by atoms with Gasteiger partial charge in [0.25, 0.3) is 0 Å². The summed E-state index contributed by atoms with van der Waals surface area (Å²) in [6, 6.07) is 3.36. The van der Waals surface area contributed by atoms with Crippen LogP contribution in [0, 0.1) is 17.0 Å². The number of anilines is 1. The molecule has 5 rings (SSSR count). The molecule has 1 saturated carbocycles. The van der Waals surface area contributed by atoms with Crippen LogP contribution in [0.15, 0.2) is 30.6 Å². The number of likely N-dealkylation sites (tertiary alicyclic amines) is 1. The van der Waals surface area contributed by atoms with E-state index in [2.05, 4.69) is 15.3 Å². The van der Waals surface area contributed by atoms with Crippen LogP contribution in [0.2, 0.25) is 0 Å². The molecule has 1 aliphatic carbocycles. The number of urea groups is 1. The molecule has 1 spiro atoms. The highest BCUT2D eigenvalue weighted by molar-refractivity contribution is 5.76. The number of halogens is 5. The number of carbonyl (C=O) groups excluding carboxylic acids is 1. The number of nitrogens with zero attached hydrogens (tertiary/aromatic N) is 5. The van der Waals surface area contributed by atoms with E-state index in [-0.39, 0.29) is 47.6 Å². The Hall–Kier alpha value is -3.02. The molecule has 200 valence electrons. The molecule has 2 aromatic rings. The molecule has 0 radical (unpaired) electrons. The van der Waals surface area contributed by atoms with Crippen molar-refractivity contribution in [1.82, 2.24) is 25.1 Å². The summed E-state index contributed by atoms with van der Waals surface area (Å²) < 4.78 is 66.2. The van der Waals surface area contributed by atoms with Crippen LogP contribution in [-0.4, -0.2) is 70.1 Å². The summed E-state index contributed by atoms with van der Waals surface area (Å²) in [7, 11) is 0. The number of alkyl halides is 3. The van der Waals surface area contributed by atoms with Gasteiger partial charge in [0.1, 0.15) is 11.6 Å². The summed E-state index contributed by atoms with van der Waals surface area (Å²) in [5.41, 5.74) is -0.733. The molecule has 2 amide bonds. The molecule has 1 N–H and O–H groups in total. The number of carbonyl (C=O) groups is 1. The Kier molecular flexibility index (Phi) is 6.49. The van der Waals surface area contributed by atoms with Crippen molar-refractivity contribution >= 4 is 12.0 Å². The normalized spacial score (nSPS) is 24.1. The van der Waals surface area contributed by atoms with Crippen molar-refractivity contribution in [1.29, 1.82) is 0 Å². The number of nitrogens with one attached hydrogen (secondary N) is 1. The number of hydrogen-bond acceptors (Lipinski definition) is 5. The molecule has 2 atom stereocenters. The molecule has 3 aliphatic rings. The summed E-state index contributed by atoms with van der Waals surface area (Å²) in [5.74, 6) is -0.863. The molecule has 37 heavy (non-hydrogen) atoms. The van der Waals surface area contributed by atoms with Gasteiger partial charge in [0, 0.05) is 68.8 Å². The molecule has 0 unspecified atom stereocenters. The van der Waals surface area contributed by atoms with Gasteiger partial charge < -0.3 is 15.1 Å². The van der Waals surface area contributed by atoms with Crippen molar-refractivity contribution in [2.45, 2.75) is 57.5 Å². The monoisotopic (exact) mass is 524 g/mol. The van der Waals surface area contributed by atoms with Crippen molar-refractivity contribution in [3.63, 3.8) is 0 Å². The van der Waals surface area contributed by atoms with Gasteiger partial charge in [-0.1, -0.05) is 6.07 Å². The summed E-state index contributed by atoms with van der Waals surface area (Å²) in [6.45, 7) is 6.30. The Bertz CT molecular complexity index is 1110. The Morgan fingerprint density at radius 3 is 2.16 bits per heavy atom. The molecular weight excluding hydrogens is 495 g/mol. The SMILES string of the molecule is C[C@@H]1CN(c2ncc(C(F)(F)F)cn2)C[C@H](C)N1C(=O)NC1CC2(C1)CN(Cc1c(F)cccc1F)C2. The lowest BCUT2D eigenvalue weighted by Crippen LogP contribution is -2.68. The highest BCUT2D eigenvalue weighted by Crippen LogP contribution is 2.49. The number of piperazine rings is 1. The zero-order valence-electron chi connectivity index (χ0n) is 20.6. The minimum absolute atomic E-state index is 0.0375. The molecule has 1 aromatic carbocycles. The van der Waals surface area contributed by atoms with Crippen molar-refractivity contribution < 1.29 is 26.7 Å². The van der Waals surface area contributed by atoms with Crippen molar-refractivity contribution in [2.75, 3.05) is 31.1 Å². The van der Waals surface area contributed by atoms with E-state index in [0.29, 0.717) is 13.1 Å². The van der Waals surface area contributed by atoms with E-state index in [4.69, 9.17) is 0 Å². The molecule has 3 fully saturated rings. The van der Waals surface area contributed by atoms with Crippen molar-refractivity contribution in [2.24, 2.45) is 5.41 Å². The summed E-state index contributed by atoms with van der Waals surface area (Å²) in [4.78, 5) is 26.4. The van der Waals surface area contributed by atoms with Crippen LogP contribution in [-0.2, 0) is 12.7 Å². The van der Waals surface area contributed by atoms with Crippen molar-refractivity contribution in [3.05, 3.63) is 53.4 Å². The molecule has 2 saturated heterocycles. The highest BCUT2D eigenvalue weighted by atomic mass is 19.4. The minimum Gasteiger partial charge on any atom is -0.337 e. The van der Waals surface area contributed by atoms with Gasteiger partial charge in [0.05, 0.1) is 5.56 Å². The zero-order chi connectivity index (χ0) is 26.5. The van der Waals surface area contributed by atoms with E-state index in [1.807, 2.05) is 18.7 Å². The van der Waals surface area contributed by atoms with E-state index < -0.39 is 23.4 Å². The standard InChI is InChI=1S/C25H29F5N6O/c1-15-10-35(22-31-8-17(9-32-22)25(28,29)30)11-16(2)36(15)23(37)33-18-6-24(7-18)13-34(14-24)12-19-20(26)4-3-5-21(19)27/h3-5,8-9,15-16,18H,6-7,10-14H2,1-2H3,(H,33,37)/t15-,16+. The maximum absolute atomic E-state index is 13.9. The largest absolute Gasteiger partial charge is 0.419 e. The summed E-state index contributed by atoms with van der Waals surface area (Å²) >= 11 is 0. The fourth-order valence-electron chi connectivity index (χ4n) is 6.03. The van der Waals surface area contributed by atoms with Crippen LogP contribution in [0.5, 0.6) is 0 Å². The summed E-state index contributed by atoms with van der Waals surface area (Å²) in [6.07, 6.45) is -1.31.